The molecular formula is C18H20FN5. The van der Waals surface area contributed by atoms with Crippen molar-refractivity contribution in [3.63, 3.8) is 0 Å². The molecule has 0 aliphatic carbocycles. The Kier molecular flexibility index (Phi) is 3.69. The number of para-hydroxylation sites is 2. The van der Waals surface area contributed by atoms with Gasteiger partial charge in [-0.05, 0) is 31.0 Å². The minimum atomic E-state index is -0.356. The Balaban J connectivity index is 1.77. The van der Waals surface area contributed by atoms with E-state index in [9.17, 15) is 4.39 Å². The molecule has 0 bridgehead atoms. The van der Waals surface area contributed by atoms with Crippen LogP contribution >= 0.6 is 0 Å². The van der Waals surface area contributed by atoms with Crippen LogP contribution in [0.4, 0.5) is 10.2 Å². The number of fused-ring (bicyclic) bond motifs is 1. The Morgan fingerprint density at radius 3 is 2.71 bits per heavy atom. The zero-order chi connectivity index (χ0) is 16.7. The molecule has 3 heterocycles. The summed E-state index contributed by atoms with van der Waals surface area (Å²) >= 11 is 0. The van der Waals surface area contributed by atoms with Crippen LogP contribution in [0.15, 0.2) is 36.5 Å². The summed E-state index contributed by atoms with van der Waals surface area (Å²) in [6.07, 6.45) is 3.15. The minimum Gasteiger partial charge on any atom is -0.356 e. The zero-order valence-corrected chi connectivity index (χ0v) is 13.6. The van der Waals surface area contributed by atoms with E-state index in [1.165, 1.54) is 6.20 Å². The van der Waals surface area contributed by atoms with Gasteiger partial charge >= 0.3 is 0 Å². The fourth-order valence-corrected chi connectivity index (χ4v) is 3.29. The van der Waals surface area contributed by atoms with E-state index in [2.05, 4.69) is 14.9 Å². The van der Waals surface area contributed by atoms with Crippen molar-refractivity contribution in [2.75, 3.05) is 18.0 Å². The third kappa shape index (κ3) is 2.53. The number of aromatic nitrogens is 3. The molecule has 1 aliphatic heterocycles. The number of nitrogens with zero attached hydrogens (tertiary/aromatic N) is 4. The molecule has 0 spiro atoms. The average molecular weight is 325 g/mol. The smallest absolute Gasteiger partial charge is 0.152 e. The molecule has 5 nitrogen and oxygen atoms in total. The molecule has 1 fully saturated rings. The Hall–Kier alpha value is -2.47. The van der Waals surface area contributed by atoms with Gasteiger partial charge in [-0.1, -0.05) is 12.1 Å². The molecule has 6 heteroatoms. The van der Waals surface area contributed by atoms with Crippen LogP contribution in [0, 0.1) is 5.82 Å². The number of halogens is 1. The van der Waals surface area contributed by atoms with Crippen molar-refractivity contribution >= 4 is 16.9 Å². The Morgan fingerprint density at radius 1 is 1.21 bits per heavy atom. The van der Waals surface area contributed by atoms with E-state index in [1.807, 2.05) is 35.9 Å². The van der Waals surface area contributed by atoms with Crippen LogP contribution in [0.25, 0.3) is 22.4 Å². The molecule has 0 atom stereocenters. The predicted molar refractivity (Wildman–Crippen MR) is 93.3 cm³/mol. The van der Waals surface area contributed by atoms with Gasteiger partial charge in [0.1, 0.15) is 11.6 Å². The first kappa shape index (κ1) is 15.1. The fraction of sp³-hybridized carbons (Fsp3) is 0.333. The summed E-state index contributed by atoms with van der Waals surface area (Å²) in [7, 11) is 1.91. The Morgan fingerprint density at radius 2 is 1.96 bits per heavy atom. The maximum Gasteiger partial charge on any atom is 0.152 e. The van der Waals surface area contributed by atoms with Crippen molar-refractivity contribution in [3.8, 4) is 11.4 Å². The van der Waals surface area contributed by atoms with E-state index >= 15 is 0 Å². The molecule has 124 valence electrons. The molecule has 0 radical (unpaired) electrons. The van der Waals surface area contributed by atoms with Crippen LogP contribution in [-0.4, -0.2) is 33.7 Å². The molecule has 24 heavy (non-hydrogen) atoms. The summed E-state index contributed by atoms with van der Waals surface area (Å²) in [6, 6.07) is 9.86. The SMILES string of the molecule is Cn1c(-c2cc(N3CCC(N)CC3)ncc2F)nc2ccccc21. The average Bonchev–Trinajstić information content (AvgIpc) is 2.93. The summed E-state index contributed by atoms with van der Waals surface area (Å²) in [5.74, 6) is 1.04. The van der Waals surface area contributed by atoms with Gasteiger partial charge in [0.25, 0.3) is 0 Å². The Labute approximate surface area is 139 Å². The number of piperidine rings is 1. The maximum absolute atomic E-state index is 14.4. The predicted octanol–water partition coefficient (Wildman–Crippen LogP) is 2.70. The van der Waals surface area contributed by atoms with Crippen molar-refractivity contribution in [2.45, 2.75) is 18.9 Å². The van der Waals surface area contributed by atoms with Crippen molar-refractivity contribution in [2.24, 2.45) is 12.8 Å². The van der Waals surface area contributed by atoms with Crippen molar-refractivity contribution in [1.29, 1.82) is 0 Å². The van der Waals surface area contributed by atoms with Gasteiger partial charge in [-0.25, -0.2) is 14.4 Å². The van der Waals surface area contributed by atoms with E-state index in [-0.39, 0.29) is 11.9 Å². The van der Waals surface area contributed by atoms with Crippen molar-refractivity contribution < 1.29 is 4.39 Å². The maximum atomic E-state index is 14.4. The highest BCUT2D eigenvalue weighted by molar-refractivity contribution is 5.81. The number of nitrogens with two attached hydrogens (primary N) is 1. The molecule has 0 amide bonds. The summed E-state index contributed by atoms with van der Waals surface area (Å²) in [5.41, 5.74) is 8.28. The minimum absolute atomic E-state index is 0.251. The van der Waals surface area contributed by atoms with Crippen LogP contribution in [0.5, 0.6) is 0 Å². The molecule has 3 aromatic rings. The first-order valence-corrected chi connectivity index (χ1v) is 8.21. The van der Waals surface area contributed by atoms with Gasteiger partial charge in [0, 0.05) is 26.2 Å². The molecule has 1 saturated heterocycles. The highest BCUT2D eigenvalue weighted by Gasteiger charge is 2.20. The highest BCUT2D eigenvalue weighted by atomic mass is 19.1. The van der Waals surface area contributed by atoms with Gasteiger partial charge in [-0.3, -0.25) is 0 Å². The lowest BCUT2D eigenvalue weighted by atomic mass is 10.1. The quantitative estimate of drug-likeness (QED) is 0.787. The second-order valence-corrected chi connectivity index (χ2v) is 6.33. The summed E-state index contributed by atoms with van der Waals surface area (Å²) < 4.78 is 16.4. The van der Waals surface area contributed by atoms with E-state index in [0.717, 1.165) is 42.8 Å². The second kappa shape index (κ2) is 5.87. The van der Waals surface area contributed by atoms with E-state index < -0.39 is 0 Å². The third-order valence-electron chi connectivity index (χ3n) is 4.73. The van der Waals surface area contributed by atoms with Gasteiger partial charge in [0.05, 0.1) is 22.8 Å². The van der Waals surface area contributed by atoms with Crippen LogP contribution in [0.1, 0.15) is 12.8 Å². The number of pyridine rings is 1. The topological polar surface area (TPSA) is 60.0 Å². The van der Waals surface area contributed by atoms with Gasteiger partial charge in [0.15, 0.2) is 5.82 Å². The highest BCUT2D eigenvalue weighted by Crippen LogP contribution is 2.29. The summed E-state index contributed by atoms with van der Waals surface area (Å²) in [5, 5.41) is 0. The lowest BCUT2D eigenvalue weighted by molar-refractivity contribution is 0.498. The molecular weight excluding hydrogens is 305 g/mol. The number of rotatable bonds is 2. The first-order valence-electron chi connectivity index (χ1n) is 8.21. The van der Waals surface area contributed by atoms with E-state index in [0.29, 0.717) is 11.4 Å². The first-order chi connectivity index (χ1) is 11.6. The number of anilines is 1. The summed E-state index contributed by atoms with van der Waals surface area (Å²) in [4.78, 5) is 11.0. The molecule has 0 unspecified atom stereocenters. The monoisotopic (exact) mass is 325 g/mol. The molecule has 2 N–H and O–H groups in total. The summed E-state index contributed by atoms with van der Waals surface area (Å²) in [6.45, 7) is 1.70. The van der Waals surface area contributed by atoms with Gasteiger partial charge in [0.2, 0.25) is 0 Å². The number of imidazole rings is 1. The number of benzene rings is 1. The van der Waals surface area contributed by atoms with Crippen LogP contribution in [0.2, 0.25) is 0 Å². The Bertz CT molecular complexity index is 880. The van der Waals surface area contributed by atoms with Crippen molar-refractivity contribution in [3.05, 3.63) is 42.3 Å². The number of hydrogen-bond donors (Lipinski definition) is 1. The van der Waals surface area contributed by atoms with Crippen molar-refractivity contribution in [1.82, 2.24) is 14.5 Å². The number of aryl methyl sites for hydroxylation is 1. The van der Waals surface area contributed by atoms with Gasteiger partial charge in [-0.2, -0.15) is 0 Å². The van der Waals surface area contributed by atoms with E-state index in [4.69, 9.17) is 5.73 Å². The fourth-order valence-electron chi connectivity index (χ4n) is 3.29. The zero-order valence-electron chi connectivity index (χ0n) is 13.6. The molecule has 1 aromatic carbocycles. The lowest BCUT2D eigenvalue weighted by Gasteiger charge is -2.31. The van der Waals surface area contributed by atoms with Gasteiger partial charge in [-0.15, -0.1) is 0 Å². The largest absolute Gasteiger partial charge is 0.356 e. The molecule has 0 saturated carbocycles. The standard InChI is InChI=1S/C18H20FN5/c1-23-16-5-3-2-4-15(16)22-18(23)13-10-17(21-11-14(13)19)24-8-6-12(20)7-9-24/h2-5,10-12H,6-9,20H2,1H3. The van der Waals surface area contributed by atoms with Crippen LogP contribution in [-0.2, 0) is 7.05 Å². The number of hydrogen-bond acceptors (Lipinski definition) is 4. The molecule has 1 aliphatic rings. The molecule has 2 aromatic heterocycles. The normalized spacial score (nSPS) is 16.0. The lowest BCUT2D eigenvalue weighted by Crippen LogP contribution is -2.40. The molecule has 4 rings (SSSR count). The van der Waals surface area contributed by atoms with Crippen LogP contribution in [0.3, 0.4) is 0 Å². The second-order valence-electron chi connectivity index (χ2n) is 6.33. The third-order valence-corrected chi connectivity index (χ3v) is 4.73. The van der Waals surface area contributed by atoms with Crippen LogP contribution < -0.4 is 10.6 Å². The van der Waals surface area contributed by atoms with Gasteiger partial charge < -0.3 is 15.2 Å². The van der Waals surface area contributed by atoms with E-state index in [1.54, 1.807) is 6.07 Å².